The average molecular weight is 397 g/mol. The van der Waals surface area contributed by atoms with Gasteiger partial charge in [-0.05, 0) is 30.3 Å². The molecule has 0 saturated carbocycles. The van der Waals surface area contributed by atoms with E-state index >= 15 is 0 Å². The minimum absolute atomic E-state index is 0.177. The normalized spacial score (nSPS) is 14.9. The van der Waals surface area contributed by atoms with Gasteiger partial charge in [-0.25, -0.2) is 0 Å². The minimum Gasteiger partial charge on any atom is -0.497 e. The van der Waals surface area contributed by atoms with E-state index in [-0.39, 0.29) is 4.90 Å². The number of anilines is 1. The Hall–Kier alpha value is -3.25. The van der Waals surface area contributed by atoms with Crippen LogP contribution in [0.2, 0.25) is 0 Å². The van der Waals surface area contributed by atoms with Crippen LogP contribution in [0, 0.1) is 11.5 Å². The van der Waals surface area contributed by atoms with Crippen molar-refractivity contribution in [1.29, 1.82) is 5.26 Å². The number of fused-ring (bicyclic) bond motifs is 1. The highest BCUT2D eigenvalue weighted by Gasteiger charge is 2.27. The molecule has 28 heavy (non-hydrogen) atoms. The lowest BCUT2D eigenvalue weighted by molar-refractivity contribution is 0.362. The Morgan fingerprint density at radius 3 is 2.43 bits per heavy atom. The molecule has 1 aliphatic heterocycles. The number of nitrogens with zero attached hydrogens (tertiary/aromatic N) is 5. The quantitative estimate of drug-likeness (QED) is 0.621. The van der Waals surface area contributed by atoms with Crippen LogP contribution in [0.4, 0.5) is 5.82 Å². The number of aromatic nitrogens is 2. The summed E-state index contributed by atoms with van der Waals surface area (Å²) in [7, 11) is -2.28. The van der Waals surface area contributed by atoms with Crippen LogP contribution in [0.15, 0.2) is 53.4 Å². The summed E-state index contributed by atoms with van der Waals surface area (Å²) in [4.78, 5) is 3.86. The second-order valence-corrected chi connectivity index (χ2v) is 8.21. The van der Waals surface area contributed by atoms with E-state index < -0.39 is 10.0 Å². The van der Waals surface area contributed by atoms with Crippen molar-refractivity contribution in [1.82, 2.24) is 14.1 Å². The first-order valence-corrected chi connectivity index (χ1v) is 10.3. The number of ether oxygens (including phenoxy) is 1. The molecule has 1 aromatic heterocycles. The molecule has 2 aromatic carbocycles. The molecule has 144 valence electrons. The molecule has 0 aliphatic carbocycles. The standard InChI is InChI=1S/C19H19N5O3S/c1-27-15-7-8-18-17(13-15)19(23-11-9-22(14-20)10-12-23)21-24(18)28(25,26)16-5-3-2-4-6-16/h2-8,13H,9-12H2,1H3. The predicted octanol–water partition coefficient (Wildman–Crippen LogP) is 1.88. The number of benzene rings is 2. The van der Waals surface area contributed by atoms with E-state index in [9.17, 15) is 8.42 Å². The molecule has 1 aliphatic rings. The van der Waals surface area contributed by atoms with Gasteiger partial charge in [-0.15, -0.1) is 5.10 Å². The van der Waals surface area contributed by atoms with Gasteiger partial charge in [0.1, 0.15) is 5.75 Å². The van der Waals surface area contributed by atoms with Gasteiger partial charge in [0.25, 0.3) is 10.0 Å². The molecule has 0 atom stereocenters. The molecule has 8 nitrogen and oxygen atoms in total. The second-order valence-electron chi connectivity index (χ2n) is 6.44. The first-order chi connectivity index (χ1) is 13.5. The van der Waals surface area contributed by atoms with E-state index in [1.807, 2.05) is 4.90 Å². The van der Waals surface area contributed by atoms with E-state index in [0.717, 1.165) is 4.09 Å². The third kappa shape index (κ3) is 3.01. The Bertz CT molecular complexity index is 1140. The summed E-state index contributed by atoms with van der Waals surface area (Å²) < 4.78 is 32.8. The van der Waals surface area contributed by atoms with Gasteiger partial charge >= 0.3 is 0 Å². The van der Waals surface area contributed by atoms with Gasteiger partial charge < -0.3 is 14.5 Å². The number of piperazine rings is 1. The minimum atomic E-state index is -3.84. The van der Waals surface area contributed by atoms with Crippen LogP contribution < -0.4 is 9.64 Å². The van der Waals surface area contributed by atoms with Gasteiger partial charge in [0, 0.05) is 31.6 Å². The second kappa shape index (κ2) is 7.05. The summed E-state index contributed by atoms with van der Waals surface area (Å²) in [5, 5.41) is 14.2. The van der Waals surface area contributed by atoms with Gasteiger partial charge in [0.2, 0.25) is 0 Å². The Morgan fingerprint density at radius 2 is 1.79 bits per heavy atom. The first kappa shape index (κ1) is 18.1. The van der Waals surface area contributed by atoms with Gasteiger partial charge in [0.15, 0.2) is 12.0 Å². The van der Waals surface area contributed by atoms with E-state index in [1.165, 1.54) is 0 Å². The maximum absolute atomic E-state index is 13.2. The van der Waals surface area contributed by atoms with Crippen LogP contribution in [0.5, 0.6) is 5.75 Å². The monoisotopic (exact) mass is 397 g/mol. The summed E-state index contributed by atoms with van der Waals surface area (Å²) in [5.41, 5.74) is 0.488. The van der Waals surface area contributed by atoms with Gasteiger partial charge in [0.05, 0.1) is 17.5 Å². The van der Waals surface area contributed by atoms with Crippen molar-refractivity contribution in [2.24, 2.45) is 0 Å². The van der Waals surface area contributed by atoms with E-state index in [0.29, 0.717) is 48.6 Å². The van der Waals surface area contributed by atoms with Gasteiger partial charge in [-0.1, -0.05) is 18.2 Å². The molecular formula is C19H19N5O3S. The Morgan fingerprint density at radius 1 is 1.07 bits per heavy atom. The highest BCUT2D eigenvalue weighted by molar-refractivity contribution is 7.90. The molecule has 4 rings (SSSR count). The van der Waals surface area contributed by atoms with Crippen molar-refractivity contribution >= 4 is 26.7 Å². The highest BCUT2D eigenvalue weighted by Crippen LogP contribution is 2.32. The Kier molecular flexibility index (Phi) is 4.57. The number of hydrogen-bond acceptors (Lipinski definition) is 7. The summed E-state index contributed by atoms with van der Waals surface area (Å²) in [6.45, 7) is 2.31. The maximum Gasteiger partial charge on any atom is 0.283 e. The predicted molar refractivity (Wildman–Crippen MR) is 105 cm³/mol. The molecule has 1 fully saturated rings. The summed E-state index contributed by atoms with van der Waals surface area (Å²) >= 11 is 0. The molecular weight excluding hydrogens is 378 g/mol. The zero-order valence-corrected chi connectivity index (χ0v) is 16.1. The summed E-state index contributed by atoms with van der Waals surface area (Å²) in [6, 6.07) is 13.5. The van der Waals surface area contributed by atoms with Crippen LogP contribution in [0.1, 0.15) is 0 Å². The third-order valence-electron chi connectivity index (χ3n) is 4.83. The molecule has 0 unspecified atom stereocenters. The highest BCUT2D eigenvalue weighted by atomic mass is 32.2. The molecule has 2 heterocycles. The van der Waals surface area contributed by atoms with Crippen LogP contribution >= 0.6 is 0 Å². The molecule has 0 amide bonds. The van der Waals surface area contributed by atoms with Gasteiger partial charge in [-0.2, -0.15) is 17.8 Å². The fraction of sp³-hybridized carbons (Fsp3) is 0.263. The van der Waals surface area contributed by atoms with E-state index in [2.05, 4.69) is 11.3 Å². The lowest BCUT2D eigenvalue weighted by Crippen LogP contribution is -2.44. The van der Waals surface area contributed by atoms with Crippen molar-refractivity contribution in [3.05, 3.63) is 48.5 Å². The number of hydrogen-bond donors (Lipinski definition) is 0. The van der Waals surface area contributed by atoms with Crippen molar-refractivity contribution in [2.45, 2.75) is 4.90 Å². The average Bonchev–Trinajstić information content (AvgIpc) is 3.14. The number of methoxy groups -OCH3 is 1. The SMILES string of the molecule is COc1ccc2c(c1)c(N1CCN(C#N)CC1)nn2S(=O)(=O)c1ccccc1. The topological polar surface area (TPSA) is 91.5 Å². The number of nitriles is 1. The molecule has 0 spiro atoms. The molecule has 0 bridgehead atoms. The van der Waals surface area contributed by atoms with Crippen molar-refractivity contribution in [3.63, 3.8) is 0 Å². The summed E-state index contributed by atoms with van der Waals surface area (Å²) in [5.74, 6) is 1.20. The van der Waals surface area contributed by atoms with Crippen molar-refractivity contribution in [3.8, 4) is 11.9 Å². The number of rotatable bonds is 4. The summed E-state index contributed by atoms with van der Waals surface area (Å²) in [6.07, 6.45) is 2.15. The zero-order chi connectivity index (χ0) is 19.7. The van der Waals surface area contributed by atoms with Crippen LogP contribution in [0.25, 0.3) is 10.9 Å². The fourth-order valence-corrected chi connectivity index (χ4v) is 4.61. The molecule has 3 aromatic rings. The van der Waals surface area contributed by atoms with Crippen molar-refractivity contribution in [2.75, 3.05) is 38.2 Å². The maximum atomic E-state index is 13.2. The molecule has 0 radical (unpaired) electrons. The first-order valence-electron chi connectivity index (χ1n) is 8.81. The lowest BCUT2D eigenvalue weighted by Gasteiger charge is -2.31. The fourth-order valence-electron chi connectivity index (χ4n) is 3.31. The Labute approximate surface area is 163 Å². The van der Waals surface area contributed by atoms with Crippen molar-refractivity contribution < 1.29 is 13.2 Å². The van der Waals surface area contributed by atoms with Gasteiger partial charge in [-0.3, -0.25) is 0 Å². The van der Waals surface area contributed by atoms with E-state index in [1.54, 1.807) is 60.5 Å². The molecule has 1 saturated heterocycles. The van der Waals surface area contributed by atoms with E-state index in [4.69, 9.17) is 10.00 Å². The van der Waals surface area contributed by atoms with Crippen LogP contribution in [0.3, 0.4) is 0 Å². The van der Waals surface area contributed by atoms with Crippen LogP contribution in [-0.2, 0) is 10.0 Å². The largest absolute Gasteiger partial charge is 0.497 e. The lowest BCUT2D eigenvalue weighted by atomic mass is 10.2. The molecule has 9 heteroatoms. The third-order valence-corrected chi connectivity index (χ3v) is 6.43. The molecule has 0 N–H and O–H groups in total. The Balaban J connectivity index is 1.86. The zero-order valence-electron chi connectivity index (χ0n) is 15.3. The smallest absolute Gasteiger partial charge is 0.283 e. The van der Waals surface area contributed by atoms with Crippen LogP contribution in [-0.4, -0.2) is 55.8 Å².